The van der Waals surface area contributed by atoms with Crippen molar-refractivity contribution in [3.05, 3.63) is 52.8 Å². The number of hydrogen-bond donors (Lipinski definition) is 1. The number of allylic oxidation sites excluding steroid dienone is 3. The van der Waals surface area contributed by atoms with Gasteiger partial charge in [-0.05, 0) is 40.4 Å². The normalized spacial score (nSPS) is 12.6. The van der Waals surface area contributed by atoms with Crippen molar-refractivity contribution in [2.45, 2.75) is 26.7 Å². The molecule has 0 saturated heterocycles. The van der Waals surface area contributed by atoms with E-state index in [-0.39, 0.29) is 12.5 Å². The minimum Gasteiger partial charge on any atom is -0.445 e. The van der Waals surface area contributed by atoms with Crippen LogP contribution in [0.25, 0.3) is 12.2 Å². The Morgan fingerprint density at radius 1 is 1.43 bits per heavy atom. The lowest BCUT2D eigenvalue weighted by atomic mass is 10.1. The third-order valence-electron chi connectivity index (χ3n) is 3.01. The molecule has 0 aliphatic heterocycles. The smallest absolute Gasteiger partial charge is 0.414 e. The minimum absolute atomic E-state index is 0.275. The Hall–Kier alpha value is -2.01. The fraction of sp³-hybridized carbons (Fsp3) is 0.278. The number of nitrogens with one attached hydrogen (secondary N) is 1. The first-order valence-corrected chi connectivity index (χ1v) is 8.30. The summed E-state index contributed by atoms with van der Waals surface area (Å²) in [7, 11) is 0. The second kappa shape index (κ2) is 9.90. The van der Waals surface area contributed by atoms with Gasteiger partial charge in [-0.2, -0.15) is 0 Å². The van der Waals surface area contributed by atoms with Gasteiger partial charge in [-0.15, -0.1) is 0 Å². The molecule has 0 atom stereocenters. The van der Waals surface area contributed by atoms with Crippen molar-refractivity contribution in [3.8, 4) is 0 Å². The molecular weight excluding hydrogens is 358 g/mol. The molecule has 0 radical (unpaired) electrons. The van der Waals surface area contributed by atoms with E-state index in [1.54, 1.807) is 12.2 Å². The van der Waals surface area contributed by atoms with Gasteiger partial charge >= 0.3 is 6.09 Å². The molecule has 1 aromatic rings. The van der Waals surface area contributed by atoms with Gasteiger partial charge in [0.1, 0.15) is 12.4 Å². The van der Waals surface area contributed by atoms with Gasteiger partial charge in [0.25, 0.3) is 0 Å². The summed E-state index contributed by atoms with van der Waals surface area (Å²) in [6.07, 6.45) is 10.5. The lowest BCUT2D eigenvalue weighted by Gasteiger charge is -2.10. The number of carbonyl (C=O) groups is 1. The van der Waals surface area contributed by atoms with Crippen molar-refractivity contribution in [2.24, 2.45) is 0 Å². The van der Waals surface area contributed by atoms with Crippen LogP contribution in [0.3, 0.4) is 0 Å². The summed E-state index contributed by atoms with van der Waals surface area (Å²) in [4.78, 5) is 11.8. The maximum absolute atomic E-state index is 11.8. The number of halogens is 1. The molecule has 0 aromatic carbocycles. The summed E-state index contributed by atoms with van der Waals surface area (Å²) in [5, 5.41) is 2.56. The summed E-state index contributed by atoms with van der Waals surface area (Å²) in [6.45, 7) is 11.6. The number of ether oxygens (including phenoxy) is 1. The van der Waals surface area contributed by atoms with Crippen molar-refractivity contribution >= 4 is 40.1 Å². The van der Waals surface area contributed by atoms with Gasteiger partial charge in [-0.25, -0.2) is 4.79 Å². The standard InChI is InChI=1S/C16H16BrNO3.C2H6/c1-3-12-13(4-2)21-15(14(12)17)18-16(19)20-10-11-8-6-5-7-9-11;1-2/h3-6,8H,1-2,7,9-10H2,(H,18,19);1-2H3. The summed E-state index contributed by atoms with van der Waals surface area (Å²) in [5.41, 5.74) is 1.82. The molecule has 1 N–H and O–H groups in total. The van der Waals surface area contributed by atoms with Crippen LogP contribution in [-0.4, -0.2) is 12.7 Å². The van der Waals surface area contributed by atoms with Gasteiger partial charge in [-0.3, -0.25) is 5.32 Å². The zero-order chi connectivity index (χ0) is 17.2. The first-order chi connectivity index (χ1) is 11.2. The Kier molecular flexibility index (Phi) is 8.19. The molecule has 1 heterocycles. The van der Waals surface area contributed by atoms with Crippen LogP contribution in [0.1, 0.15) is 38.0 Å². The van der Waals surface area contributed by atoms with E-state index in [1.165, 1.54) is 0 Å². The first kappa shape index (κ1) is 19.0. The van der Waals surface area contributed by atoms with Gasteiger partial charge in [0, 0.05) is 5.56 Å². The van der Waals surface area contributed by atoms with Crippen molar-refractivity contribution in [2.75, 3.05) is 11.9 Å². The molecule has 0 saturated carbocycles. The van der Waals surface area contributed by atoms with Crippen LogP contribution in [-0.2, 0) is 4.74 Å². The molecule has 0 bridgehead atoms. The zero-order valence-corrected chi connectivity index (χ0v) is 15.1. The van der Waals surface area contributed by atoms with Crippen molar-refractivity contribution in [1.82, 2.24) is 0 Å². The summed E-state index contributed by atoms with van der Waals surface area (Å²) < 4.78 is 11.3. The molecule has 2 rings (SSSR count). The monoisotopic (exact) mass is 379 g/mol. The van der Waals surface area contributed by atoms with Crippen LogP contribution in [0, 0.1) is 0 Å². The highest BCUT2D eigenvalue weighted by atomic mass is 79.9. The Balaban J connectivity index is 0.00000127. The third-order valence-corrected chi connectivity index (χ3v) is 3.79. The molecule has 0 unspecified atom stereocenters. The van der Waals surface area contributed by atoms with E-state index in [4.69, 9.17) is 9.15 Å². The largest absolute Gasteiger partial charge is 0.445 e. The predicted molar refractivity (Wildman–Crippen MR) is 99.4 cm³/mol. The quantitative estimate of drug-likeness (QED) is 0.664. The Labute approximate surface area is 145 Å². The van der Waals surface area contributed by atoms with Crippen LogP contribution in [0.5, 0.6) is 0 Å². The average Bonchev–Trinajstić information content (AvgIpc) is 2.91. The molecule has 1 aromatic heterocycles. The molecule has 1 aliphatic rings. The van der Waals surface area contributed by atoms with E-state index < -0.39 is 6.09 Å². The summed E-state index contributed by atoms with van der Waals surface area (Å²) in [5.74, 6) is 0.814. The van der Waals surface area contributed by atoms with Crippen LogP contribution in [0.4, 0.5) is 10.7 Å². The Bertz CT molecular complexity index is 626. The van der Waals surface area contributed by atoms with Crippen LogP contribution >= 0.6 is 15.9 Å². The van der Waals surface area contributed by atoms with Gasteiger partial charge in [-0.1, -0.05) is 51.3 Å². The van der Waals surface area contributed by atoms with Crippen molar-refractivity contribution < 1.29 is 13.9 Å². The summed E-state index contributed by atoms with van der Waals surface area (Å²) in [6, 6.07) is 0. The molecule has 23 heavy (non-hydrogen) atoms. The number of carbonyl (C=O) groups excluding carboxylic acids is 1. The number of anilines is 1. The fourth-order valence-electron chi connectivity index (χ4n) is 1.92. The maximum atomic E-state index is 11.8. The third kappa shape index (κ3) is 5.28. The molecule has 1 amide bonds. The molecular formula is C18H22BrNO3. The van der Waals surface area contributed by atoms with Gasteiger partial charge in [0.05, 0.1) is 4.47 Å². The SMILES string of the molecule is C=Cc1oc(NC(=O)OCC2=CC=CCC2)c(Br)c1C=C.CC. The van der Waals surface area contributed by atoms with E-state index >= 15 is 0 Å². The van der Waals surface area contributed by atoms with E-state index in [1.807, 2.05) is 26.0 Å². The van der Waals surface area contributed by atoms with E-state index in [2.05, 4.69) is 40.5 Å². The molecule has 5 heteroatoms. The molecule has 4 nitrogen and oxygen atoms in total. The van der Waals surface area contributed by atoms with Gasteiger partial charge in [0.15, 0.2) is 0 Å². The number of furan rings is 1. The lowest BCUT2D eigenvalue weighted by Crippen LogP contribution is -2.15. The summed E-state index contributed by atoms with van der Waals surface area (Å²) >= 11 is 3.36. The zero-order valence-electron chi connectivity index (χ0n) is 13.5. The number of rotatable bonds is 5. The topological polar surface area (TPSA) is 51.5 Å². The highest BCUT2D eigenvalue weighted by Gasteiger charge is 2.17. The maximum Gasteiger partial charge on any atom is 0.414 e. The fourth-order valence-corrected chi connectivity index (χ4v) is 2.46. The molecule has 1 aliphatic carbocycles. The Morgan fingerprint density at radius 2 is 2.17 bits per heavy atom. The second-order valence-corrected chi connectivity index (χ2v) is 5.22. The van der Waals surface area contributed by atoms with Crippen molar-refractivity contribution in [3.63, 3.8) is 0 Å². The van der Waals surface area contributed by atoms with Crippen LogP contribution in [0.2, 0.25) is 0 Å². The average molecular weight is 380 g/mol. The molecule has 0 spiro atoms. The number of amides is 1. The van der Waals surface area contributed by atoms with E-state index in [0.29, 0.717) is 10.2 Å². The second-order valence-electron chi connectivity index (χ2n) is 4.42. The van der Waals surface area contributed by atoms with Gasteiger partial charge < -0.3 is 9.15 Å². The van der Waals surface area contributed by atoms with Crippen molar-refractivity contribution in [1.29, 1.82) is 0 Å². The minimum atomic E-state index is -0.564. The number of hydrogen-bond acceptors (Lipinski definition) is 3. The Morgan fingerprint density at radius 3 is 2.70 bits per heavy atom. The molecule has 0 fully saturated rings. The van der Waals surface area contributed by atoms with Crippen LogP contribution in [0.15, 0.2) is 45.8 Å². The van der Waals surface area contributed by atoms with E-state index in [0.717, 1.165) is 24.0 Å². The highest BCUT2D eigenvalue weighted by Crippen LogP contribution is 2.34. The molecule has 124 valence electrons. The van der Waals surface area contributed by atoms with Crippen LogP contribution < -0.4 is 5.32 Å². The lowest BCUT2D eigenvalue weighted by molar-refractivity contribution is 0.170. The highest BCUT2D eigenvalue weighted by molar-refractivity contribution is 9.10. The van der Waals surface area contributed by atoms with Gasteiger partial charge in [0.2, 0.25) is 5.88 Å². The first-order valence-electron chi connectivity index (χ1n) is 7.51. The predicted octanol–water partition coefficient (Wildman–Crippen LogP) is 6.18. The van der Waals surface area contributed by atoms with E-state index in [9.17, 15) is 4.79 Å².